The van der Waals surface area contributed by atoms with Crippen LogP contribution in [0.5, 0.6) is 0 Å². The fraction of sp³-hybridized carbons (Fsp3) is 0.500. The van der Waals surface area contributed by atoms with Gasteiger partial charge in [0, 0.05) is 0 Å². The second-order valence-corrected chi connectivity index (χ2v) is 6.09. The molecule has 1 N–H and O–H groups in total. The highest BCUT2D eigenvalue weighted by Gasteiger charge is 2.17. The standard InChI is InChI=1S/C14H16O3S.4C2H6.C2H4/c1-8-5-6-12-10(3)11(4)14(18(15,16)17)7-13(12)9(8)2;5*1-2/h5-7H,1-4H3,(H,15,16,17);4*1-2H3;1-2H2. The average Bonchev–Trinajstić information content (AvgIpc) is 2.74. The Morgan fingerprint density at radius 2 is 1.07 bits per heavy atom. The van der Waals surface area contributed by atoms with E-state index in [1.165, 1.54) is 0 Å². The molecule has 0 atom stereocenters. The molecule has 0 saturated heterocycles. The topological polar surface area (TPSA) is 54.4 Å². The smallest absolute Gasteiger partial charge is 0.282 e. The number of aryl methyl sites for hydroxylation is 3. The minimum absolute atomic E-state index is 0.00111. The molecular formula is C24H44O3S. The van der Waals surface area contributed by atoms with Crippen LogP contribution in [0.4, 0.5) is 0 Å². The van der Waals surface area contributed by atoms with Crippen molar-refractivity contribution in [1.29, 1.82) is 0 Å². The molecule has 0 aliphatic carbocycles. The quantitative estimate of drug-likeness (QED) is 0.379. The summed E-state index contributed by atoms with van der Waals surface area (Å²) in [5.74, 6) is 0. The predicted molar refractivity (Wildman–Crippen MR) is 129 cm³/mol. The molecule has 2 rings (SSSR count). The third-order valence-corrected chi connectivity index (χ3v) is 4.65. The number of fused-ring (bicyclic) bond motifs is 1. The summed E-state index contributed by atoms with van der Waals surface area (Å²) in [6.45, 7) is 29.5. The number of rotatable bonds is 1. The summed E-state index contributed by atoms with van der Waals surface area (Å²) in [7, 11) is -4.18. The summed E-state index contributed by atoms with van der Waals surface area (Å²) in [6.07, 6.45) is 0. The van der Waals surface area contributed by atoms with Gasteiger partial charge in [0.15, 0.2) is 0 Å². The van der Waals surface area contributed by atoms with Gasteiger partial charge >= 0.3 is 0 Å². The lowest BCUT2D eigenvalue weighted by atomic mass is 9.95. The zero-order chi connectivity index (χ0) is 23.7. The maximum Gasteiger partial charge on any atom is 0.294 e. The summed E-state index contributed by atoms with van der Waals surface area (Å²) in [4.78, 5) is 0.00111. The van der Waals surface area contributed by atoms with Crippen LogP contribution in [0.3, 0.4) is 0 Å². The van der Waals surface area contributed by atoms with E-state index in [-0.39, 0.29) is 4.90 Å². The Morgan fingerprint density at radius 1 is 0.679 bits per heavy atom. The van der Waals surface area contributed by atoms with E-state index in [9.17, 15) is 13.0 Å². The average molecular weight is 413 g/mol. The zero-order valence-corrected chi connectivity index (χ0v) is 21.1. The molecule has 0 saturated carbocycles. The molecule has 28 heavy (non-hydrogen) atoms. The lowest BCUT2D eigenvalue weighted by Gasteiger charge is -2.13. The highest BCUT2D eigenvalue weighted by atomic mass is 32.2. The van der Waals surface area contributed by atoms with Crippen LogP contribution in [0.1, 0.15) is 77.6 Å². The molecule has 3 nitrogen and oxygen atoms in total. The van der Waals surface area contributed by atoms with Gasteiger partial charge in [-0.1, -0.05) is 67.5 Å². The molecule has 0 aromatic heterocycles. The second kappa shape index (κ2) is 18.7. The molecule has 0 bridgehead atoms. The first kappa shape index (κ1) is 33.9. The van der Waals surface area contributed by atoms with E-state index in [1.54, 1.807) is 13.0 Å². The van der Waals surface area contributed by atoms with Gasteiger partial charge in [0.2, 0.25) is 0 Å². The molecule has 0 radical (unpaired) electrons. The Labute approximate surface area is 175 Å². The molecule has 164 valence electrons. The van der Waals surface area contributed by atoms with Crippen molar-refractivity contribution >= 4 is 20.9 Å². The first-order valence-corrected chi connectivity index (χ1v) is 11.6. The highest BCUT2D eigenvalue weighted by Crippen LogP contribution is 2.30. The molecule has 0 unspecified atom stereocenters. The van der Waals surface area contributed by atoms with Crippen molar-refractivity contribution < 1.29 is 13.0 Å². The van der Waals surface area contributed by atoms with E-state index in [1.807, 2.05) is 88.3 Å². The Hall–Kier alpha value is -1.65. The lowest BCUT2D eigenvalue weighted by molar-refractivity contribution is 0.482. The molecule has 0 spiro atoms. The van der Waals surface area contributed by atoms with E-state index < -0.39 is 10.1 Å². The Bertz CT molecular complexity index is 761. The van der Waals surface area contributed by atoms with E-state index in [2.05, 4.69) is 13.2 Å². The SMILES string of the molecule is C=C.CC.CC.CC.CC.Cc1ccc2c(C)c(C)c(S(=O)(=O)O)cc2c1C. The summed E-state index contributed by atoms with van der Waals surface area (Å²) >= 11 is 0. The van der Waals surface area contributed by atoms with E-state index in [0.29, 0.717) is 5.56 Å². The molecule has 4 heteroatoms. The minimum Gasteiger partial charge on any atom is -0.282 e. The number of hydrogen-bond donors (Lipinski definition) is 1. The summed E-state index contributed by atoms with van der Waals surface area (Å²) in [5, 5.41) is 1.91. The van der Waals surface area contributed by atoms with Crippen molar-refractivity contribution in [3.05, 3.63) is 53.6 Å². The van der Waals surface area contributed by atoms with Crippen LogP contribution in [-0.2, 0) is 10.1 Å². The van der Waals surface area contributed by atoms with Crippen LogP contribution in [0.25, 0.3) is 10.8 Å². The van der Waals surface area contributed by atoms with Gasteiger partial charge in [0.05, 0.1) is 4.90 Å². The molecule has 0 aliphatic heterocycles. The fourth-order valence-corrected chi connectivity index (χ4v) is 3.05. The summed E-state index contributed by atoms with van der Waals surface area (Å²) in [5.41, 5.74) is 3.64. The van der Waals surface area contributed by atoms with Crippen LogP contribution in [0.15, 0.2) is 36.3 Å². The number of hydrogen-bond acceptors (Lipinski definition) is 2. The van der Waals surface area contributed by atoms with Crippen LogP contribution in [0, 0.1) is 27.7 Å². The third kappa shape index (κ3) is 9.52. The predicted octanol–water partition coefficient (Wildman–Crippen LogP) is 8.23. The van der Waals surface area contributed by atoms with Gasteiger partial charge < -0.3 is 0 Å². The largest absolute Gasteiger partial charge is 0.294 e. The van der Waals surface area contributed by atoms with Gasteiger partial charge in [0.1, 0.15) is 0 Å². The summed E-state index contributed by atoms with van der Waals surface area (Å²) < 4.78 is 32.1. The highest BCUT2D eigenvalue weighted by molar-refractivity contribution is 7.85. The molecular weight excluding hydrogens is 368 g/mol. The maximum atomic E-state index is 11.4. The maximum absolute atomic E-state index is 11.4. The van der Waals surface area contributed by atoms with Gasteiger partial charge in [-0.05, 0) is 66.8 Å². The fourth-order valence-electron chi connectivity index (χ4n) is 2.24. The molecule has 0 amide bonds. The van der Waals surface area contributed by atoms with E-state index in [0.717, 1.165) is 27.5 Å². The van der Waals surface area contributed by atoms with Crippen molar-refractivity contribution in [2.75, 3.05) is 0 Å². The van der Waals surface area contributed by atoms with Crippen LogP contribution < -0.4 is 0 Å². The van der Waals surface area contributed by atoms with E-state index >= 15 is 0 Å². The first-order chi connectivity index (χ1) is 13.2. The molecule has 0 aliphatic rings. The zero-order valence-electron chi connectivity index (χ0n) is 20.3. The van der Waals surface area contributed by atoms with Crippen molar-refractivity contribution in [1.82, 2.24) is 0 Å². The van der Waals surface area contributed by atoms with E-state index in [4.69, 9.17) is 0 Å². The van der Waals surface area contributed by atoms with Crippen molar-refractivity contribution in [2.45, 2.75) is 88.0 Å². The van der Waals surface area contributed by atoms with Gasteiger partial charge in [-0.2, -0.15) is 8.42 Å². The summed E-state index contributed by atoms with van der Waals surface area (Å²) in [6, 6.07) is 5.58. The monoisotopic (exact) mass is 412 g/mol. The third-order valence-electron chi connectivity index (χ3n) is 3.68. The normalized spacial score (nSPS) is 8.75. The lowest BCUT2D eigenvalue weighted by Crippen LogP contribution is -2.03. The van der Waals surface area contributed by atoms with Gasteiger partial charge in [0.25, 0.3) is 10.1 Å². The van der Waals surface area contributed by atoms with Gasteiger partial charge in [-0.3, -0.25) is 4.55 Å². The molecule has 2 aromatic carbocycles. The van der Waals surface area contributed by atoms with Crippen molar-refractivity contribution in [3.63, 3.8) is 0 Å². The van der Waals surface area contributed by atoms with Crippen LogP contribution in [0.2, 0.25) is 0 Å². The molecule has 0 fully saturated rings. The number of benzene rings is 2. The molecule has 2 aromatic rings. The Morgan fingerprint density at radius 3 is 1.43 bits per heavy atom. The van der Waals surface area contributed by atoms with Crippen LogP contribution >= 0.6 is 0 Å². The van der Waals surface area contributed by atoms with Crippen LogP contribution in [-0.4, -0.2) is 13.0 Å². The minimum atomic E-state index is -4.18. The van der Waals surface area contributed by atoms with Crippen molar-refractivity contribution in [2.24, 2.45) is 0 Å². The first-order valence-electron chi connectivity index (χ1n) is 10.2. The second-order valence-electron chi connectivity index (χ2n) is 4.70. The Balaban J connectivity index is -0.000000251. The molecule has 0 heterocycles. The Kier molecular flexibility index (Phi) is 22.6. The van der Waals surface area contributed by atoms with Crippen molar-refractivity contribution in [3.8, 4) is 0 Å². The van der Waals surface area contributed by atoms with Gasteiger partial charge in [-0.25, -0.2) is 0 Å². The van der Waals surface area contributed by atoms with Gasteiger partial charge in [-0.15, -0.1) is 13.2 Å².